The lowest BCUT2D eigenvalue weighted by Gasteiger charge is -2.32. The summed E-state index contributed by atoms with van der Waals surface area (Å²) >= 11 is 1.56. The van der Waals surface area contributed by atoms with E-state index in [1.165, 1.54) is 5.56 Å². The van der Waals surface area contributed by atoms with Gasteiger partial charge in [0, 0.05) is 18.0 Å². The summed E-state index contributed by atoms with van der Waals surface area (Å²) in [6, 6.07) is 18.4. The van der Waals surface area contributed by atoms with E-state index in [9.17, 15) is 4.79 Å². The van der Waals surface area contributed by atoms with Crippen LogP contribution in [0.1, 0.15) is 40.5 Å². The molecule has 0 bridgehead atoms. The predicted molar refractivity (Wildman–Crippen MR) is 114 cm³/mol. The van der Waals surface area contributed by atoms with Crippen molar-refractivity contribution in [2.24, 2.45) is 5.92 Å². The topological polar surface area (TPSA) is 59.2 Å². The Morgan fingerprint density at radius 1 is 1.10 bits per heavy atom. The molecule has 0 aliphatic carbocycles. The van der Waals surface area contributed by atoms with E-state index in [2.05, 4.69) is 40.5 Å². The number of aryl methyl sites for hydroxylation is 1. The van der Waals surface area contributed by atoms with Crippen molar-refractivity contribution in [3.05, 3.63) is 77.4 Å². The molecule has 0 saturated carbocycles. The molecule has 2 heterocycles. The zero-order valence-corrected chi connectivity index (χ0v) is 17.4. The maximum absolute atomic E-state index is 13.2. The van der Waals surface area contributed by atoms with Gasteiger partial charge in [-0.2, -0.15) is 4.98 Å². The van der Waals surface area contributed by atoms with Crippen LogP contribution in [0, 0.1) is 12.8 Å². The van der Waals surface area contributed by atoms with Crippen molar-refractivity contribution in [1.29, 1.82) is 0 Å². The molecule has 0 unspecified atom stereocenters. The Balaban J connectivity index is 1.36. The van der Waals surface area contributed by atoms with Gasteiger partial charge in [-0.05, 0) is 49.8 Å². The van der Waals surface area contributed by atoms with E-state index in [4.69, 9.17) is 4.52 Å². The van der Waals surface area contributed by atoms with Crippen molar-refractivity contribution in [2.45, 2.75) is 36.8 Å². The van der Waals surface area contributed by atoms with Crippen molar-refractivity contribution < 1.29 is 9.32 Å². The van der Waals surface area contributed by atoms with Gasteiger partial charge in [-0.1, -0.05) is 47.6 Å². The van der Waals surface area contributed by atoms with Crippen LogP contribution in [-0.2, 0) is 12.2 Å². The normalized spacial score (nSPS) is 14.9. The molecule has 0 N–H and O–H groups in total. The Morgan fingerprint density at radius 2 is 1.83 bits per heavy atom. The number of aromatic nitrogens is 2. The summed E-state index contributed by atoms with van der Waals surface area (Å²) in [6.45, 7) is 3.44. The van der Waals surface area contributed by atoms with Gasteiger partial charge >= 0.3 is 0 Å². The van der Waals surface area contributed by atoms with Crippen LogP contribution in [0.2, 0.25) is 0 Å². The van der Waals surface area contributed by atoms with E-state index in [-0.39, 0.29) is 5.91 Å². The number of hydrogen-bond acceptors (Lipinski definition) is 5. The van der Waals surface area contributed by atoms with Crippen LogP contribution < -0.4 is 0 Å². The molecule has 4 rings (SSSR count). The second-order valence-electron chi connectivity index (χ2n) is 7.45. The van der Waals surface area contributed by atoms with E-state index in [0.717, 1.165) is 42.8 Å². The number of amides is 1. The molecule has 0 atom stereocenters. The second-order valence-corrected chi connectivity index (χ2v) is 8.46. The number of thioether (sulfide) groups is 1. The lowest BCUT2D eigenvalue weighted by molar-refractivity contribution is 0.0687. The number of carbonyl (C=O) groups excluding carboxylic acids is 1. The number of likely N-dealkylation sites (tertiary alicyclic amines) is 1. The summed E-state index contributed by atoms with van der Waals surface area (Å²) in [6.07, 6.45) is 3.20. The van der Waals surface area contributed by atoms with Gasteiger partial charge in [0.1, 0.15) is 0 Å². The highest BCUT2D eigenvalue weighted by molar-refractivity contribution is 7.98. The molecule has 29 heavy (non-hydrogen) atoms. The molecule has 0 radical (unpaired) electrons. The van der Waals surface area contributed by atoms with Crippen molar-refractivity contribution in [1.82, 2.24) is 15.0 Å². The lowest BCUT2D eigenvalue weighted by atomic mass is 9.90. The third kappa shape index (κ3) is 5.07. The van der Waals surface area contributed by atoms with Crippen LogP contribution in [0.15, 0.2) is 64.0 Å². The van der Waals surface area contributed by atoms with Gasteiger partial charge in [0.15, 0.2) is 5.82 Å². The van der Waals surface area contributed by atoms with E-state index in [1.54, 1.807) is 18.7 Å². The van der Waals surface area contributed by atoms with Crippen LogP contribution in [-0.4, -0.2) is 34.0 Å². The highest BCUT2D eigenvalue weighted by atomic mass is 32.2. The van der Waals surface area contributed by atoms with Crippen molar-refractivity contribution in [2.75, 3.05) is 13.1 Å². The van der Waals surface area contributed by atoms with Crippen LogP contribution in [0.25, 0.3) is 0 Å². The summed E-state index contributed by atoms with van der Waals surface area (Å²) < 4.78 is 5.19. The molecular formula is C23H25N3O2S. The second kappa shape index (κ2) is 9.27. The zero-order valence-electron chi connectivity index (χ0n) is 16.6. The summed E-state index contributed by atoms with van der Waals surface area (Å²) in [5.74, 6) is 2.53. The number of benzene rings is 2. The summed E-state index contributed by atoms with van der Waals surface area (Å²) in [5.41, 5.74) is 2.14. The molecule has 1 fully saturated rings. The minimum atomic E-state index is 0.118. The molecule has 3 aromatic rings. The molecule has 1 aliphatic heterocycles. The monoisotopic (exact) mass is 407 g/mol. The molecular weight excluding hydrogens is 382 g/mol. The summed E-state index contributed by atoms with van der Waals surface area (Å²) in [4.78, 5) is 20.4. The fourth-order valence-electron chi connectivity index (χ4n) is 3.77. The minimum Gasteiger partial charge on any atom is -0.339 e. The Kier molecular flexibility index (Phi) is 6.30. The van der Waals surface area contributed by atoms with Gasteiger partial charge in [0.25, 0.3) is 5.91 Å². The van der Waals surface area contributed by atoms with Crippen LogP contribution >= 0.6 is 11.8 Å². The largest absolute Gasteiger partial charge is 0.339 e. The quantitative estimate of drug-likeness (QED) is 0.551. The van der Waals surface area contributed by atoms with Crippen molar-refractivity contribution in [3.63, 3.8) is 0 Å². The summed E-state index contributed by atoms with van der Waals surface area (Å²) in [7, 11) is 0. The first-order valence-corrected chi connectivity index (χ1v) is 11.0. The average Bonchev–Trinajstić information content (AvgIpc) is 3.18. The number of carbonyl (C=O) groups is 1. The number of rotatable bonds is 6. The molecule has 1 aromatic heterocycles. The Labute approximate surface area is 175 Å². The fourth-order valence-corrected chi connectivity index (χ4v) is 4.65. The fraction of sp³-hybridized carbons (Fsp3) is 0.348. The van der Waals surface area contributed by atoms with Gasteiger partial charge in [0.05, 0.1) is 11.3 Å². The molecule has 1 saturated heterocycles. The van der Waals surface area contributed by atoms with E-state index >= 15 is 0 Å². The van der Waals surface area contributed by atoms with Gasteiger partial charge in [0.2, 0.25) is 5.89 Å². The first-order valence-electron chi connectivity index (χ1n) is 10.0. The number of nitrogens with zero attached hydrogens (tertiary/aromatic N) is 3. The van der Waals surface area contributed by atoms with Gasteiger partial charge in [-0.15, -0.1) is 11.8 Å². The average molecular weight is 408 g/mol. The maximum Gasteiger partial charge on any atom is 0.254 e. The van der Waals surface area contributed by atoms with Crippen LogP contribution in [0.3, 0.4) is 0 Å². The first-order chi connectivity index (χ1) is 14.2. The number of hydrogen-bond donors (Lipinski definition) is 0. The molecule has 2 aromatic carbocycles. The molecule has 5 nitrogen and oxygen atoms in total. The first kappa shape index (κ1) is 19.7. The van der Waals surface area contributed by atoms with E-state index in [1.807, 2.05) is 29.2 Å². The Morgan fingerprint density at radius 3 is 2.55 bits per heavy atom. The van der Waals surface area contributed by atoms with E-state index < -0.39 is 0 Å². The highest BCUT2D eigenvalue weighted by Crippen LogP contribution is 2.29. The van der Waals surface area contributed by atoms with Gasteiger partial charge in [-0.25, -0.2) is 0 Å². The zero-order chi connectivity index (χ0) is 20.1. The minimum absolute atomic E-state index is 0.118. The van der Waals surface area contributed by atoms with Gasteiger partial charge < -0.3 is 9.42 Å². The SMILES string of the molecule is Cc1noc(CSc2ccccc2C(=O)N2CCC(Cc3ccccc3)CC2)n1. The van der Waals surface area contributed by atoms with E-state index in [0.29, 0.717) is 23.4 Å². The van der Waals surface area contributed by atoms with Crippen molar-refractivity contribution in [3.8, 4) is 0 Å². The Bertz CT molecular complexity index is 950. The molecule has 0 spiro atoms. The predicted octanol–water partition coefficient (Wildman–Crippen LogP) is 4.77. The van der Waals surface area contributed by atoms with Crippen LogP contribution in [0.4, 0.5) is 0 Å². The van der Waals surface area contributed by atoms with Gasteiger partial charge in [-0.3, -0.25) is 4.79 Å². The number of piperidine rings is 1. The van der Waals surface area contributed by atoms with Crippen molar-refractivity contribution >= 4 is 17.7 Å². The smallest absolute Gasteiger partial charge is 0.254 e. The standard InChI is InChI=1S/C23H25N3O2S/c1-17-24-22(28-25-17)16-29-21-10-6-5-9-20(21)23(27)26-13-11-19(12-14-26)15-18-7-3-2-4-8-18/h2-10,19H,11-16H2,1H3. The Hall–Kier alpha value is -2.60. The summed E-state index contributed by atoms with van der Waals surface area (Å²) in [5, 5.41) is 3.82. The highest BCUT2D eigenvalue weighted by Gasteiger charge is 2.25. The molecule has 1 aliphatic rings. The molecule has 1 amide bonds. The van der Waals surface area contributed by atoms with Crippen LogP contribution in [0.5, 0.6) is 0 Å². The third-order valence-corrected chi connectivity index (χ3v) is 6.37. The molecule has 150 valence electrons. The third-order valence-electron chi connectivity index (χ3n) is 5.31. The maximum atomic E-state index is 13.2. The molecule has 6 heteroatoms. The lowest BCUT2D eigenvalue weighted by Crippen LogP contribution is -2.39.